The number of carbonyl (C=O) groups is 2. The quantitative estimate of drug-likeness (QED) is 0.433. The second-order valence-corrected chi connectivity index (χ2v) is 5.89. The van der Waals surface area contributed by atoms with E-state index in [1.807, 2.05) is 0 Å². The Balaban J connectivity index is 1.63. The number of ether oxygens (including phenoxy) is 4. The molecule has 29 heavy (non-hydrogen) atoms. The monoisotopic (exact) mass is 419 g/mol. The number of nitrogens with one attached hydrogen (secondary N) is 3. The third-order valence-corrected chi connectivity index (χ3v) is 3.63. The second kappa shape index (κ2) is 11.3. The summed E-state index contributed by atoms with van der Waals surface area (Å²) in [4.78, 5) is 23.6. The van der Waals surface area contributed by atoms with E-state index in [4.69, 9.17) is 31.2 Å². The molecule has 0 bridgehead atoms. The molecule has 9 nitrogen and oxygen atoms in total. The standard InChI is InChI=1S/C19H21N3O6S/c1-25-13-3-7-15(8-4-13)27-11-17(23)20-19(29)22-21-18(24)12-28-16-9-5-14(26-2)6-10-16/h3-10H,11-12H2,1-2H3,(H,21,24)(H2,20,22,23,29). The molecule has 2 aromatic carbocycles. The van der Waals surface area contributed by atoms with Gasteiger partial charge in [0.15, 0.2) is 18.3 Å². The summed E-state index contributed by atoms with van der Waals surface area (Å²) < 4.78 is 20.7. The van der Waals surface area contributed by atoms with Crippen molar-refractivity contribution in [2.24, 2.45) is 0 Å². The lowest BCUT2D eigenvalue weighted by atomic mass is 10.3. The zero-order chi connectivity index (χ0) is 21.1. The van der Waals surface area contributed by atoms with E-state index in [-0.39, 0.29) is 18.3 Å². The molecule has 3 N–H and O–H groups in total. The van der Waals surface area contributed by atoms with Gasteiger partial charge in [-0.3, -0.25) is 25.8 Å². The number of hydrazine groups is 1. The summed E-state index contributed by atoms with van der Waals surface area (Å²) in [7, 11) is 3.11. The van der Waals surface area contributed by atoms with Crippen LogP contribution < -0.4 is 35.1 Å². The van der Waals surface area contributed by atoms with Crippen molar-refractivity contribution in [3.05, 3.63) is 48.5 Å². The van der Waals surface area contributed by atoms with Crippen molar-refractivity contribution in [2.45, 2.75) is 0 Å². The highest BCUT2D eigenvalue weighted by atomic mass is 32.1. The molecule has 0 atom stereocenters. The number of rotatable bonds is 8. The molecule has 0 radical (unpaired) electrons. The van der Waals surface area contributed by atoms with E-state index < -0.39 is 11.8 Å². The molecule has 0 unspecified atom stereocenters. The fraction of sp³-hybridized carbons (Fsp3) is 0.211. The van der Waals surface area contributed by atoms with E-state index in [2.05, 4.69) is 16.2 Å². The van der Waals surface area contributed by atoms with Crippen molar-refractivity contribution >= 4 is 29.1 Å². The maximum absolute atomic E-state index is 11.8. The summed E-state index contributed by atoms with van der Waals surface area (Å²) in [6.07, 6.45) is 0. The number of amides is 2. The summed E-state index contributed by atoms with van der Waals surface area (Å²) >= 11 is 4.93. The summed E-state index contributed by atoms with van der Waals surface area (Å²) in [5.74, 6) is 1.41. The van der Waals surface area contributed by atoms with Gasteiger partial charge in [-0.05, 0) is 60.7 Å². The number of thiocarbonyl (C=S) groups is 1. The van der Waals surface area contributed by atoms with Crippen LogP contribution in [-0.2, 0) is 9.59 Å². The fourth-order valence-corrected chi connectivity index (χ4v) is 2.16. The van der Waals surface area contributed by atoms with E-state index in [1.54, 1.807) is 62.8 Å². The molecule has 2 rings (SSSR count). The first kappa shape index (κ1) is 21.8. The average molecular weight is 419 g/mol. The van der Waals surface area contributed by atoms with Gasteiger partial charge < -0.3 is 18.9 Å². The lowest BCUT2D eigenvalue weighted by molar-refractivity contribution is -0.124. The largest absolute Gasteiger partial charge is 0.497 e. The second-order valence-electron chi connectivity index (χ2n) is 5.48. The number of hydrogen-bond donors (Lipinski definition) is 3. The zero-order valence-corrected chi connectivity index (χ0v) is 16.7. The highest BCUT2D eigenvalue weighted by molar-refractivity contribution is 7.80. The molecular formula is C19H21N3O6S. The summed E-state index contributed by atoms with van der Waals surface area (Å²) in [5.41, 5.74) is 4.73. The van der Waals surface area contributed by atoms with Gasteiger partial charge in [-0.25, -0.2) is 0 Å². The molecule has 0 aromatic heterocycles. The van der Waals surface area contributed by atoms with Crippen LogP contribution in [0.3, 0.4) is 0 Å². The van der Waals surface area contributed by atoms with Crippen molar-refractivity contribution in [3.8, 4) is 23.0 Å². The number of methoxy groups -OCH3 is 2. The number of benzene rings is 2. The van der Waals surface area contributed by atoms with Gasteiger partial charge in [0.1, 0.15) is 23.0 Å². The van der Waals surface area contributed by atoms with Crippen LogP contribution in [0.2, 0.25) is 0 Å². The van der Waals surface area contributed by atoms with Gasteiger partial charge in [-0.2, -0.15) is 0 Å². The van der Waals surface area contributed by atoms with Crippen LogP contribution in [0.4, 0.5) is 0 Å². The van der Waals surface area contributed by atoms with E-state index in [9.17, 15) is 9.59 Å². The maximum atomic E-state index is 11.8. The van der Waals surface area contributed by atoms with Gasteiger partial charge in [0.2, 0.25) is 0 Å². The maximum Gasteiger partial charge on any atom is 0.276 e. The molecule has 0 heterocycles. The molecule has 0 saturated heterocycles. The van der Waals surface area contributed by atoms with Crippen molar-refractivity contribution < 1.29 is 28.5 Å². The van der Waals surface area contributed by atoms with Crippen LogP contribution in [0.25, 0.3) is 0 Å². The minimum atomic E-state index is -0.484. The highest BCUT2D eigenvalue weighted by Gasteiger charge is 2.08. The highest BCUT2D eigenvalue weighted by Crippen LogP contribution is 2.17. The Labute approximate surface area is 173 Å². The van der Waals surface area contributed by atoms with E-state index in [0.717, 1.165) is 0 Å². The van der Waals surface area contributed by atoms with Crippen molar-refractivity contribution in [3.63, 3.8) is 0 Å². The Bertz CT molecular complexity index is 827. The first-order valence-corrected chi connectivity index (χ1v) is 8.83. The zero-order valence-electron chi connectivity index (χ0n) is 15.9. The normalized spacial score (nSPS) is 9.72. The minimum absolute atomic E-state index is 0.0777. The van der Waals surface area contributed by atoms with Gasteiger partial charge in [0.05, 0.1) is 14.2 Å². The Kier molecular flexibility index (Phi) is 8.51. The predicted molar refractivity (Wildman–Crippen MR) is 109 cm³/mol. The molecule has 0 saturated carbocycles. The Hall–Kier alpha value is -3.53. The summed E-state index contributed by atoms with van der Waals surface area (Å²) in [6.45, 7) is -0.487. The van der Waals surface area contributed by atoms with Gasteiger partial charge in [0, 0.05) is 0 Å². The van der Waals surface area contributed by atoms with Crippen LogP contribution >= 0.6 is 12.2 Å². The first-order chi connectivity index (χ1) is 14.0. The number of hydrogen-bond acceptors (Lipinski definition) is 7. The molecule has 2 aromatic rings. The lowest BCUT2D eigenvalue weighted by Gasteiger charge is -2.12. The van der Waals surface area contributed by atoms with E-state index in [1.165, 1.54) is 0 Å². The average Bonchev–Trinajstić information content (AvgIpc) is 2.75. The molecule has 10 heteroatoms. The Morgan fingerprint density at radius 3 is 1.59 bits per heavy atom. The Morgan fingerprint density at radius 1 is 0.724 bits per heavy atom. The first-order valence-electron chi connectivity index (χ1n) is 8.42. The number of carbonyl (C=O) groups excluding carboxylic acids is 2. The summed E-state index contributed by atoms with van der Waals surface area (Å²) in [6, 6.07) is 13.5. The Morgan fingerprint density at radius 2 is 1.14 bits per heavy atom. The molecule has 0 aliphatic carbocycles. The van der Waals surface area contributed by atoms with Crippen molar-refractivity contribution in [1.82, 2.24) is 16.2 Å². The van der Waals surface area contributed by atoms with E-state index >= 15 is 0 Å². The van der Waals surface area contributed by atoms with E-state index in [0.29, 0.717) is 23.0 Å². The third-order valence-electron chi connectivity index (χ3n) is 3.43. The topological polar surface area (TPSA) is 107 Å². The lowest BCUT2D eigenvalue weighted by Crippen LogP contribution is -2.50. The summed E-state index contributed by atoms with van der Waals surface area (Å²) in [5, 5.41) is 2.30. The smallest absolute Gasteiger partial charge is 0.276 e. The van der Waals surface area contributed by atoms with Gasteiger partial charge in [-0.1, -0.05) is 0 Å². The molecule has 154 valence electrons. The molecule has 0 fully saturated rings. The molecule has 0 aliphatic heterocycles. The van der Waals surface area contributed by atoms with Gasteiger partial charge in [0.25, 0.3) is 11.8 Å². The minimum Gasteiger partial charge on any atom is -0.497 e. The van der Waals surface area contributed by atoms with Crippen LogP contribution in [0, 0.1) is 0 Å². The predicted octanol–water partition coefficient (Wildman–Crippen LogP) is 1.18. The van der Waals surface area contributed by atoms with Crippen LogP contribution in [0.15, 0.2) is 48.5 Å². The van der Waals surface area contributed by atoms with Crippen LogP contribution in [0.5, 0.6) is 23.0 Å². The molecule has 2 amide bonds. The van der Waals surface area contributed by atoms with Gasteiger partial charge >= 0.3 is 0 Å². The van der Waals surface area contributed by atoms with Crippen LogP contribution in [-0.4, -0.2) is 44.4 Å². The third kappa shape index (κ3) is 7.93. The molecule has 0 aliphatic rings. The van der Waals surface area contributed by atoms with Crippen molar-refractivity contribution in [2.75, 3.05) is 27.4 Å². The van der Waals surface area contributed by atoms with Crippen LogP contribution in [0.1, 0.15) is 0 Å². The fourth-order valence-electron chi connectivity index (χ4n) is 2.00. The molecule has 0 spiro atoms. The SMILES string of the molecule is COc1ccc(OCC(=O)NNC(=S)NC(=O)COc2ccc(OC)cc2)cc1. The molecular weight excluding hydrogens is 398 g/mol. The van der Waals surface area contributed by atoms with Gasteiger partial charge in [-0.15, -0.1) is 0 Å². The van der Waals surface area contributed by atoms with Crippen molar-refractivity contribution in [1.29, 1.82) is 0 Å².